The van der Waals surface area contributed by atoms with Crippen molar-refractivity contribution >= 4 is 5.97 Å². The fourth-order valence-electron chi connectivity index (χ4n) is 2.05. The van der Waals surface area contributed by atoms with Crippen LogP contribution in [0.15, 0.2) is 24.3 Å². The van der Waals surface area contributed by atoms with Gasteiger partial charge in [-0.25, -0.2) is 4.79 Å². The van der Waals surface area contributed by atoms with Crippen LogP contribution in [-0.2, 0) is 14.9 Å². The van der Waals surface area contributed by atoms with E-state index in [0.29, 0.717) is 24.2 Å². The second kappa shape index (κ2) is 6.79. The van der Waals surface area contributed by atoms with Crippen molar-refractivity contribution in [3.63, 3.8) is 0 Å². The summed E-state index contributed by atoms with van der Waals surface area (Å²) in [5.41, 5.74) is -0.631. The molecule has 1 atom stereocenters. The lowest BCUT2D eigenvalue weighted by molar-refractivity contribution is -0.148. The number of nitriles is 1. The highest BCUT2D eigenvalue weighted by Crippen LogP contribution is 2.32. The maximum absolute atomic E-state index is 12.2. The van der Waals surface area contributed by atoms with Gasteiger partial charge in [-0.05, 0) is 31.0 Å². The van der Waals surface area contributed by atoms with E-state index in [-0.39, 0.29) is 6.61 Å². The number of rotatable bonds is 6. The summed E-state index contributed by atoms with van der Waals surface area (Å²) in [6, 6.07) is 9.17. The molecular formula is C15H19NO3. The second-order valence-corrected chi connectivity index (χ2v) is 4.22. The van der Waals surface area contributed by atoms with Crippen LogP contribution in [0.25, 0.3) is 0 Å². The predicted molar refractivity (Wildman–Crippen MR) is 71.8 cm³/mol. The van der Waals surface area contributed by atoms with Crippen molar-refractivity contribution in [1.82, 2.24) is 0 Å². The van der Waals surface area contributed by atoms with Crippen LogP contribution in [0.2, 0.25) is 0 Å². The minimum absolute atomic E-state index is 0.260. The number of ether oxygens (including phenoxy) is 2. The van der Waals surface area contributed by atoms with Crippen molar-refractivity contribution in [3.05, 3.63) is 29.8 Å². The van der Waals surface area contributed by atoms with E-state index in [1.807, 2.05) is 6.92 Å². The first-order valence-corrected chi connectivity index (χ1v) is 6.37. The molecule has 0 radical (unpaired) electrons. The Labute approximate surface area is 113 Å². The maximum atomic E-state index is 12.2. The molecule has 0 aliphatic heterocycles. The van der Waals surface area contributed by atoms with Crippen LogP contribution in [0.3, 0.4) is 0 Å². The highest BCUT2D eigenvalue weighted by Gasteiger charge is 2.41. The molecule has 0 aromatic heterocycles. The normalized spacial score (nSPS) is 13.2. The number of esters is 1. The van der Waals surface area contributed by atoms with Crippen LogP contribution in [0.4, 0.5) is 0 Å². The van der Waals surface area contributed by atoms with Crippen molar-refractivity contribution in [1.29, 1.82) is 5.26 Å². The lowest BCUT2D eigenvalue weighted by atomic mass is 9.78. The molecule has 0 bridgehead atoms. The molecule has 19 heavy (non-hydrogen) atoms. The van der Waals surface area contributed by atoms with Crippen molar-refractivity contribution in [2.75, 3.05) is 13.7 Å². The third-order valence-corrected chi connectivity index (χ3v) is 3.00. The minimum Gasteiger partial charge on any atom is -0.497 e. The predicted octanol–water partition coefficient (Wildman–Crippen LogP) is 2.82. The topological polar surface area (TPSA) is 59.3 Å². The highest BCUT2D eigenvalue weighted by atomic mass is 16.5. The van der Waals surface area contributed by atoms with Gasteiger partial charge in [-0.2, -0.15) is 5.26 Å². The zero-order valence-electron chi connectivity index (χ0n) is 11.6. The van der Waals surface area contributed by atoms with Crippen LogP contribution < -0.4 is 4.74 Å². The van der Waals surface area contributed by atoms with E-state index in [1.54, 1.807) is 38.3 Å². The Hall–Kier alpha value is -2.02. The van der Waals surface area contributed by atoms with Gasteiger partial charge in [0, 0.05) is 0 Å². The van der Waals surface area contributed by atoms with Gasteiger partial charge in [0.05, 0.1) is 19.8 Å². The third-order valence-electron chi connectivity index (χ3n) is 3.00. The number of hydrogen-bond acceptors (Lipinski definition) is 4. The first kappa shape index (κ1) is 15.0. The number of carbonyl (C=O) groups is 1. The van der Waals surface area contributed by atoms with Gasteiger partial charge in [0.15, 0.2) is 5.41 Å². The van der Waals surface area contributed by atoms with Crippen molar-refractivity contribution in [2.45, 2.75) is 32.1 Å². The molecule has 1 aromatic rings. The largest absolute Gasteiger partial charge is 0.497 e. The van der Waals surface area contributed by atoms with Gasteiger partial charge >= 0.3 is 5.97 Å². The van der Waals surface area contributed by atoms with Crippen LogP contribution in [0.1, 0.15) is 32.3 Å². The van der Waals surface area contributed by atoms with Crippen molar-refractivity contribution < 1.29 is 14.3 Å². The lowest BCUT2D eigenvalue weighted by Gasteiger charge is -2.24. The molecule has 4 heteroatoms. The van der Waals surface area contributed by atoms with Crippen LogP contribution >= 0.6 is 0 Å². The summed E-state index contributed by atoms with van der Waals surface area (Å²) >= 11 is 0. The SMILES string of the molecule is CCC[C@](C#N)(C(=O)OCC)c1cccc(OC)c1. The standard InChI is InChI=1S/C15H19NO3/c1-4-9-15(11-16,14(17)19-5-2)12-7-6-8-13(10-12)18-3/h6-8,10H,4-5,9H2,1-3H3/t15-/m1/s1. The monoisotopic (exact) mass is 261 g/mol. The van der Waals surface area contributed by atoms with Gasteiger partial charge in [-0.15, -0.1) is 0 Å². The average molecular weight is 261 g/mol. The lowest BCUT2D eigenvalue weighted by Crippen LogP contribution is -2.36. The van der Waals surface area contributed by atoms with E-state index >= 15 is 0 Å². The van der Waals surface area contributed by atoms with Crippen LogP contribution in [0.5, 0.6) is 5.75 Å². The van der Waals surface area contributed by atoms with E-state index < -0.39 is 11.4 Å². The van der Waals surface area contributed by atoms with E-state index in [1.165, 1.54) is 0 Å². The number of methoxy groups -OCH3 is 1. The zero-order chi connectivity index (χ0) is 14.3. The molecular weight excluding hydrogens is 242 g/mol. The molecule has 1 rings (SSSR count). The first-order valence-electron chi connectivity index (χ1n) is 6.37. The molecule has 0 aliphatic carbocycles. The highest BCUT2D eigenvalue weighted by molar-refractivity contribution is 5.87. The van der Waals surface area contributed by atoms with E-state index in [0.717, 1.165) is 0 Å². The molecule has 0 heterocycles. The van der Waals surface area contributed by atoms with Gasteiger partial charge in [0.1, 0.15) is 5.75 Å². The quantitative estimate of drug-likeness (QED) is 0.739. The summed E-state index contributed by atoms with van der Waals surface area (Å²) in [5, 5.41) is 9.53. The summed E-state index contributed by atoms with van der Waals surface area (Å²) in [6.45, 7) is 3.93. The van der Waals surface area contributed by atoms with Gasteiger partial charge in [-0.1, -0.05) is 25.5 Å². The first-order chi connectivity index (χ1) is 9.14. The Bertz CT molecular complexity index is 479. The summed E-state index contributed by atoms with van der Waals surface area (Å²) in [5.74, 6) is 0.130. The summed E-state index contributed by atoms with van der Waals surface area (Å²) in [4.78, 5) is 12.2. The Balaban J connectivity index is 3.29. The minimum atomic E-state index is -1.25. The molecule has 0 N–H and O–H groups in total. The van der Waals surface area contributed by atoms with E-state index in [2.05, 4.69) is 6.07 Å². The Morgan fingerprint density at radius 2 is 2.16 bits per heavy atom. The Morgan fingerprint density at radius 3 is 2.68 bits per heavy atom. The second-order valence-electron chi connectivity index (χ2n) is 4.22. The molecule has 102 valence electrons. The molecule has 0 fully saturated rings. The number of hydrogen-bond donors (Lipinski definition) is 0. The summed E-state index contributed by atoms with van der Waals surface area (Å²) in [6.07, 6.45) is 1.14. The Morgan fingerprint density at radius 1 is 1.42 bits per heavy atom. The molecule has 4 nitrogen and oxygen atoms in total. The van der Waals surface area contributed by atoms with Crippen LogP contribution in [-0.4, -0.2) is 19.7 Å². The molecule has 0 spiro atoms. The van der Waals surface area contributed by atoms with Gasteiger partial charge in [0.2, 0.25) is 0 Å². The van der Waals surface area contributed by atoms with Gasteiger partial charge < -0.3 is 9.47 Å². The van der Waals surface area contributed by atoms with Crippen molar-refractivity contribution in [2.24, 2.45) is 0 Å². The zero-order valence-corrected chi connectivity index (χ0v) is 11.6. The average Bonchev–Trinajstić information content (AvgIpc) is 2.45. The maximum Gasteiger partial charge on any atom is 0.331 e. The molecule has 0 saturated carbocycles. The van der Waals surface area contributed by atoms with E-state index in [4.69, 9.17) is 9.47 Å². The molecule has 1 aromatic carbocycles. The third kappa shape index (κ3) is 3.05. The molecule has 0 saturated heterocycles. The number of nitrogens with zero attached hydrogens (tertiary/aromatic N) is 1. The van der Waals surface area contributed by atoms with Crippen molar-refractivity contribution in [3.8, 4) is 11.8 Å². The number of benzene rings is 1. The fraction of sp³-hybridized carbons (Fsp3) is 0.467. The summed E-state index contributed by atoms with van der Waals surface area (Å²) < 4.78 is 10.2. The number of carbonyl (C=O) groups excluding carboxylic acids is 1. The van der Waals surface area contributed by atoms with Gasteiger partial charge in [-0.3, -0.25) is 0 Å². The Kier molecular flexibility index (Phi) is 5.37. The summed E-state index contributed by atoms with van der Waals surface area (Å²) in [7, 11) is 1.55. The molecule has 0 unspecified atom stereocenters. The fourth-order valence-corrected chi connectivity index (χ4v) is 2.05. The smallest absolute Gasteiger partial charge is 0.331 e. The van der Waals surface area contributed by atoms with Crippen LogP contribution in [0, 0.1) is 11.3 Å². The molecule has 0 amide bonds. The van der Waals surface area contributed by atoms with Gasteiger partial charge in [0.25, 0.3) is 0 Å². The molecule has 0 aliphatic rings. The van der Waals surface area contributed by atoms with E-state index in [9.17, 15) is 10.1 Å².